The molecule has 0 heterocycles. The first-order valence-corrected chi connectivity index (χ1v) is 10.4. The van der Waals surface area contributed by atoms with Crippen LogP contribution in [0.3, 0.4) is 0 Å². The molecule has 1 fully saturated rings. The van der Waals surface area contributed by atoms with Gasteiger partial charge in [0, 0.05) is 25.8 Å². The van der Waals surface area contributed by atoms with Gasteiger partial charge < -0.3 is 19.7 Å². The molecular formula is C20H42N2O2. The van der Waals surface area contributed by atoms with E-state index < -0.39 is 0 Å². The van der Waals surface area contributed by atoms with Gasteiger partial charge in [0.15, 0.2) is 0 Å². The van der Waals surface area contributed by atoms with Gasteiger partial charge in [-0.2, -0.15) is 0 Å². The second kappa shape index (κ2) is 15.1. The van der Waals surface area contributed by atoms with Gasteiger partial charge in [-0.1, -0.05) is 19.8 Å². The van der Waals surface area contributed by atoms with E-state index in [2.05, 4.69) is 31.1 Å². The van der Waals surface area contributed by atoms with Gasteiger partial charge in [-0.05, 0) is 72.0 Å². The smallest absolute Gasteiger partial charge is 0.0593 e. The fraction of sp³-hybridized carbons (Fsp3) is 1.00. The SMILES string of the molecule is CCCNC1CCC(OCCCCCCN(C)CCOCC)CC1. The predicted molar refractivity (Wildman–Crippen MR) is 103 cm³/mol. The van der Waals surface area contributed by atoms with E-state index in [9.17, 15) is 0 Å². The molecule has 1 aliphatic rings. The van der Waals surface area contributed by atoms with Gasteiger partial charge in [0.25, 0.3) is 0 Å². The van der Waals surface area contributed by atoms with Crippen LogP contribution in [0.2, 0.25) is 0 Å². The van der Waals surface area contributed by atoms with Crippen LogP contribution in [0, 0.1) is 0 Å². The average Bonchev–Trinajstić information content (AvgIpc) is 2.60. The first-order valence-electron chi connectivity index (χ1n) is 10.4. The predicted octanol–water partition coefficient (Wildman–Crippen LogP) is 3.84. The summed E-state index contributed by atoms with van der Waals surface area (Å²) in [5.74, 6) is 0. The molecule has 1 N–H and O–H groups in total. The number of hydrogen-bond donors (Lipinski definition) is 1. The van der Waals surface area contributed by atoms with Gasteiger partial charge in [0.1, 0.15) is 0 Å². The van der Waals surface area contributed by atoms with Crippen molar-refractivity contribution in [2.45, 2.75) is 83.8 Å². The maximum atomic E-state index is 6.07. The summed E-state index contributed by atoms with van der Waals surface area (Å²) in [6.07, 6.45) is 11.9. The van der Waals surface area contributed by atoms with Crippen LogP contribution in [-0.2, 0) is 9.47 Å². The van der Waals surface area contributed by atoms with E-state index in [1.165, 1.54) is 64.3 Å². The van der Waals surface area contributed by atoms with Crippen LogP contribution in [0.15, 0.2) is 0 Å². The minimum Gasteiger partial charge on any atom is -0.380 e. The van der Waals surface area contributed by atoms with Crippen LogP contribution in [0.25, 0.3) is 0 Å². The van der Waals surface area contributed by atoms with Crippen molar-refractivity contribution < 1.29 is 9.47 Å². The van der Waals surface area contributed by atoms with Crippen molar-refractivity contribution in [3.63, 3.8) is 0 Å². The lowest BCUT2D eigenvalue weighted by Crippen LogP contribution is -2.35. The second-order valence-electron chi connectivity index (χ2n) is 7.21. The molecule has 4 nitrogen and oxygen atoms in total. The van der Waals surface area contributed by atoms with Crippen LogP contribution in [-0.4, -0.2) is 63.5 Å². The van der Waals surface area contributed by atoms with E-state index in [1.807, 2.05) is 0 Å². The third-order valence-electron chi connectivity index (χ3n) is 4.97. The van der Waals surface area contributed by atoms with E-state index >= 15 is 0 Å². The van der Waals surface area contributed by atoms with Crippen molar-refractivity contribution >= 4 is 0 Å². The molecule has 0 amide bonds. The Balaban J connectivity index is 1.85. The molecule has 4 heteroatoms. The van der Waals surface area contributed by atoms with Crippen LogP contribution in [0.1, 0.15) is 71.6 Å². The van der Waals surface area contributed by atoms with E-state index in [1.54, 1.807) is 0 Å². The molecule has 1 rings (SSSR count). The molecule has 0 spiro atoms. The fourth-order valence-corrected chi connectivity index (χ4v) is 3.35. The number of nitrogens with one attached hydrogen (secondary N) is 1. The van der Waals surface area contributed by atoms with Crippen molar-refractivity contribution in [2.24, 2.45) is 0 Å². The van der Waals surface area contributed by atoms with Crippen molar-refractivity contribution in [1.29, 1.82) is 0 Å². The lowest BCUT2D eigenvalue weighted by Gasteiger charge is -2.29. The summed E-state index contributed by atoms with van der Waals surface area (Å²) in [5.41, 5.74) is 0. The first kappa shape index (κ1) is 21.9. The highest BCUT2D eigenvalue weighted by Crippen LogP contribution is 2.21. The van der Waals surface area contributed by atoms with Crippen molar-refractivity contribution in [3.8, 4) is 0 Å². The summed E-state index contributed by atoms with van der Waals surface area (Å²) in [4.78, 5) is 2.37. The first-order chi connectivity index (χ1) is 11.8. The lowest BCUT2D eigenvalue weighted by molar-refractivity contribution is 0.0204. The third kappa shape index (κ3) is 11.4. The Morgan fingerprint density at radius 2 is 1.67 bits per heavy atom. The molecule has 1 aliphatic carbocycles. The van der Waals surface area contributed by atoms with Crippen molar-refractivity contribution in [1.82, 2.24) is 10.2 Å². The largest absolute Gasteiger partial charge is 0.380 e. The highest BCUT2D eigenvalue weighted by Gasteiger charge is 2.20. The van der Waals surface area contributed by atoms with E-state index in [0.29, 0.717) is 6.10 Å². The van der Waals surface area contributed by atoms with Gasteiger partial charge in [0.2, 0.25) is 0 Å². The number of unbranched alkanes of at least 4 members (excludes halogenated alkanes) is 3. The van der Waals surface area contributed by atoms with Crippen LogP contribution in [0.4, 0.5) is 0 Å². The zero-order chi connectivity index (χ0) is 17.5. The molecule has 0 radical (unpaired) electrons. The van der Waals surface area contributed by atoms with Crippen LogP contribution in [0.5, 0.6) is 0 Å². The average molecular weight is 343 g/mol. The van der Waals surface area contributed by atoms with Gasteiger partial charge in [-0.25, -0.2) is 0 Å². The maximum Gasteiger partial charge on any atom is 0.0593 e. The number of ether oxygens (including phenoxy) is 2. The summed E-state index contributed by atoms with van der Waals surface area (Å²) in [5, 5.41) is 3.64. The Bertz CT molecular complexity index is 268. The molecular weight excluding hydrogens is 300 g/mol. The Morgan fingerprint density at radius 1 is 0.917 bits per heavy atom. The molecule has 0 unspecified atom stereocenters. The van der Waals surface area contributed by atoms with Crippen LogP contribution < -0.4 is 5.32 Å². The summed E-state index contributed by atoms with van der Waals surface area (Å²) in [7, 11) is 2.19. The van der Waals surface area contributed by atoms with Crippen molar-refractivity contribution in [2.75, 3.05) is 46.5 Å². The van der Waals surface area contributed by atoms with Crippen molar-refractivity contribution in [3.05, 3.63) is 0 Å². The minimum absolute atomic E-state index is 0.523. The molecule has 0 aliphatic heterocycles. The number of rotatable bonds is 15. The zero-order valence-electron chi connectivity index (χ0n) is 16.5. The molecule has 0 aromatic carbocycles. The Labute approximate surface area is 150 Å². The van der Waals surface area contributed by atoms with E-state index in [4.69, 9.17) is 9.47 Å². The van der Waals surface area contributed by atoms with Crippen LogP contribution >= 0.6 is 0 Å². The Hall–Kier alpha value is -0.160. The van der Waals surface area contributed by atoms with Gasteiger partial charge in [-0.3, -0.25) is 0 Å². The normalized spacial score (nSPS) is 21.5. The maximum absolute atomic E-state index is 6.07. The fourth-order valence-electron chi connectivity index (χ4n) is 3.35. The van der Waals surface area contributed by atoms with E-state index in [-0.39, 0.29) is 0 Å². The summed E-state index contributed by atoms with van der Waals surface area (Å²) in [6, 6.07) is 0.740. The van der Waals surface area contributed by atoms with E-state index in [0.717, 1.165) is 39.0 Å². The lowest BCUT2D eigenvalue weighted by atomic mass is 9.93. The molecule has 24 heavy (non-hydrogen) atoms. The summed E-state index contributed by atoms with van der Waals surface area (Å²) in [6.45, 7) is 10.3. The highest BCUT2D eigenvalue weighted by atomic mass is 16.5. The molecule has 1 saturated carbocycles. The topological polar surface area (TPSA) is 33.7 Å². The Morgan fingerprint density at radius 3 is 2.38 bits per heavy atom. The summed E-state index contributed by atoms with van der Waals surface area (Å²) < 4.78 is 11.5. The van der Waals surface area contributed by atoms with Gasteiger partial charge in [0.05, 0.1) is 12.7 Å². The quantitative estimate of drug-likeness (QED) is 0.458. The number of nitrogens with zero attached hydrogens (tertiary/aromatic N) is 1. The second-order valence-corrected chi connectivity index (χ2v) is 7.21. The Kier molecular flexibility index (Phi) is 13.8. The molecule has 0 saturated heterocycles. The summed E-state index contributed by atoms with van der Waals surface area (Å²) >= 11 is 0. The van der Waals surface area contributed by atoms with Gasteiger partial charge in [-0.15, -0.1) is 0 Å². The molecule has 0 aromatic heterocycles. The highest BCUT2D eigenvalue weighted by molar-refractivity contribution is 4.77. The monoisotopic (exact) mass is 342 g/mol. The standard InChI is InChI=1S/C20H42N2O2/c1-4-14-21-19-10-12-20(13-11-19)24-17-9-7-6-8-15-22(3)16-18-23-5-2/h19-21H,4-18H2,1-3H3. The number of hydrogen-bond acceptors (Lipinski definition) is 4. The molecule has 0 bridgehead atoms. The van der Waals surface area contributed by atoms with Gasteiger partial charge >= 0.3 is 0 Å². The molecule has 144 valence electrons. The zero-order valence-corrected chi connectivity index (χ0v) is 16.5. The third-order valence-corrected chi connectivity index (χ3v) is 4.97. The number of likely N-dealkylation sites (N-methyl/N-ethyl adjacent to an activating group) is 1. The molecule has 0 aromatic rings. The minimum atomic E-state index is 0.523. The molecule has 0 atom stereocenters.